The Balaban J connectivity index is 1.55. The molecule has 29 heavy (non-hydrogen) atoms. The molecular weight excluding hydrogens is 412 g/mol. The average molecular weight is 431 g/mol. The Kier molecular flexibility index (Phi) is 5.73. The van der Waals surface area contributed by atoms with E-state index >= 15 is 0 Å². The number of halogens is 6. The maximum absolute atomic E-state index is 12.7. The Bertz CT molecular complexity index is 727. The summed E-state index contributed by atoms with van der Waals surface area (Å²) in [6, 6.07) is -0.409. The van der Waals surface area contributed by atoms with E-state index in [1.54, 1.807) is 0 Å². The minimum absolute atomic E-state index is 0.0640. The molecule has 1 amide bonds. The lowest BCUT2D eigenvalue weighted by Crippen LogP contribution is -2.49. The van der Waals surface area contributed by atoms with E-state index in [-0.39, 0.29) is 19.7 Å². The molecule has 1 N–H and O–H groups in total. The number of hydrogen-bond donors (Lipinski definition) is 1. The first-order valence-corrected chi connectivity index (χ1v) is 8.82. The fourth-order valence-corrected chi connectivity index (χ4v) is 3.52. The molecule has 164 valence electrons. The third-order valence-corrected chi connectivity index (χ3v) is 5.20. The lowest BCUT2D eigenvalue weighted by molar-refractivity contribution is -0.215. The number of aromatic nitrogens is 2. The van der Waals surface area contributed by atoms with Crippen molar-refractivity contribution in [1.82, 2.24) is 14.7 Å². The molecule has 3 heterocycles. The number of alkyl halides is 6. The summed E-state index contributed by atoms with van der Waals surface area (Å²) in [6.45, 7) is -1.10. The van der Waals surface area contributed by atoms with E-state index in [2.05, 4.69) is 9.84 Å². The smallest absolute Gasteiger partial charge is 0.427 e. The lowest BCUT2D eigenvalue weighted by atomic mass is 9.87. The van der Waals surface area contributed by atoms with E-state index in [9.17, 15) is 31.1 Å². The molecule has 13 heteroatoms. The minimum atomic E-state index is -4.87. The molecule has 0 saturated carbocycles. The second-order valence-electron chi connectivity index (χ2n) is 7.14. The molecule has 0 aromatic carbocycles. The molecule has 0 radical (unpaired) electrons. The molecule has 2 aliphatic rings. The van der Waals surface area contributed by atoms with Gasteiger partial charge in [0.05, 0.1) is 36.6 Å². The van der Waals surface area contributed by atoms with E-state index < -0.39 is 48.4 Å². The van der Waals surface area contributed by atoms with E-state index in [1.165, 1.54) is 4.68 Å². The molecule has 2 saturated heterocycles. The van der Waals surface area contributed by atoms with Gasteiger partial charge >= 0.3 is 18.4 Å². The largest absolute Gasteiger partial charge is 0.434 e. The standard InChI is InChI=1S/C16H19F6N3O4/c17-15(18,19)10-6-23-25(7-10)11-5-14(28-9-11)1-3-24(4-2-14)13(27)29-12(8-26)16(20,21)22/h6-7,11-12,26H,1-5,8-9H2. The fraction of sp³-hybridized carbons (Fsp3) is 0.750. The summed E-state index contributed by atoms with van der Waals surface area (Å²) in [5, 5.41) is 12.5. The van der Waals surface area contributed by atoms with Gasteiger partial charge in [0, 0.05) is 25.7 Å². The maximum Gasteiger partial charge on any atom is 0.427 e. The van der Waals surface area contributed by atoms with E-state index in [0.717, 1.165) is 17.3 Å². The number of ether oxygens (including phenoxy) is 2. The van der Waals surface area contributed by atoms with Crippen LogP contribution in [0.1, 0.15) is 30.9 Å². The number of carbonyl (C=O) groups excluding carboxylic acids is 1. The average Bonchev–Trinajstić information content (AvgIpc) is 3.26. The van der Waals surface area contributed by atoms with Crippen LogP contribution in [0.2, 0.25) is 0 Å². The summed E-state index contributed by atoms with van der Waals surface area (Å²) in [4.78, 5) is 13.0. The van der Waals surface area contributed by atoms with Crippen LogP contribution in [-0.2, 0) is 15.7 Å². The van der Waals surface area contributed by atoms with Gasteiger partial charge in [0.2, 0.25) is 6.10 Å². The molecule has 1 aromatic heterocycles. The Morgan fingerprint density at radius 2 is 1.97 bits per heavy atom. The van der Waals surface area contributed by atoms with Gasteiger partial charge in [-0.1, -0.05) is 0 Å². The Hall–Kier alpha value is -2.02. The lowest BCUT2D eigenvalue weighted by Gasteiger charge is -2.38. The van der Waals surface area contributed by atoms with Crippen molar-refractivity contribution >= 4 is 6.09 Å². The predicted octanol–water partition coefficient (Wildman–Crippen LogP) is 2.76. The Morgan fingerprint density at radius 3 is 2.48 bits per heavy atom. The number of aliphatic hydroxyl groups excluding tert-OH is 1. The molecule has 0 bridgehead atoms. The van der Waals surface area contributed by atoms with E-state index in [1.807, 2.05) is 0 Å². The van der Waals surface area contributed by atoms with Gasteiger partial charge in [0.1, 0.15) is 0 Å². The zero-order chi connectivity index (χ0) is 21.4. The first kappa shape index (κ1) is 21.7. The first-order chi connectivity index (χ1) is 13.4. The van der Waals surface area contributed by atoms with Crippen LogP contribution in [0, 0.1) is 0 Å². The zero-order valence-electron chi connectivity index (χ0n) is 15.0. The molecule has 2 fully saturated rings. The number of amides is 1. The molecule has 2 unspecified atom stereocenters. The van der Waals surface area contributed by atoms with Gasteiger partial charge in [-0.2, -0.15) is 31.4 Å². The Labute approximate surface area is 161 Å². The third-order valence-electron chi connectivity index (χ3n) is 5.20. The number of nitrogens with zero attached hydrogens (tertiary/aromatic N) is 3. The van der Waals surface area contributed by atoms with Crippen molar-refractivity contribution in [2.24, 2.45) is 0 Å². The van der Waals surface area contributed by atoms with Crippen molar-refractivity contribution < 1.29 is 45.7 Å². The molecule has 3 rings (SSSR count). The normalized spacial score (nSPS) is 23.4. The summed E-state index contributed by atoms with van der Waals surface area (Å²) >= 11 is 0. The van der Waals surface area contributed by atoms with Gasteiger partial charge in [-0.05, 0) is 12.8 Å². The highest BCUT2D eigenvalue weighted by atomic mass is 19.4. The van der Waals surface area contributed by atoms with Crippen molar-refractivity contribution in [2.75, 3.05) is 26.3 Å². The second kappa shape index (κ2) is 7.67. The fourth-order valence-electron chi connectivity index (χ4n) is 3.52. The topological polar surface area (TPSA) is 76.8 Å². The highest BCUT2D eigenvalue weighted by molar-refractivity contribution is 5.68. The third kappa shape index (κ3) is 4.77. The number of piperidine rings is 1. The number of aliphatic hydroxyl groups is 1. The summed E-state index contributed by atoms with van der Waals surface area (Å²) in [6.07, 6.45) is -10.5. The van der Waals surface area contributed by atoms with Crippen LogP contribution >= 0.6 is 0 Å². The molecular formula is C16H19F6N3O4. The van der Waals surface area contributed by atoms with Crippen molar-refractivity contribution in [3.8, 4) is 0 Å². The quantitative estimate of drug-likeness (QED) is 0.745. The highest BCUT2D eigenvalue weighted by Gasteiger charge is 2.47. The van der Waals surface area contributed by atoms with Crippen molar-refractivity contribution in [2.45, 2.75) is 49.4 Å². The van der Waals surface area contributed by atoms with Gasteiger partial charge in [-0.25, -0.2) is 4.79 Å². The van der Waals surface area contributed by atoms with Crippen LogP contribution in [0.3, 0.4) is 0 Å². The zero-order valence-corrected chi connectivity index (χ0v) is 15.0. The second-order valence-corrected chi connectivity index (χ2v) is 7.14. The van der Waals surface area contributed by atoms with Gasteiger partial charge in [-0.3, -0.25) is 4.68 Å². The molecule has 1 aromatic rings. The summed E-state index contributed by atoms with van der Waals surface area (Å²) in [5.74, 6) is 0. The SMILES string of the molecule is O=C(OC(CO)C(F)(F)F)N1CCC2(CC1)CC(n1cc(C(F)(F)F)cn1)CO2. The van der Waals surface area contributed by atoms with E-state index in [4.69, 9.17) is 9.84 Å². The van der Waals surface area contributed by atoms with Crippen LogP contribution in [-0.4, -0.2) is 70.1 Å². The molecule has 1 spiro atoms. The first-order valence-electron chi connectivity index (χ1n) is 8.82. The van der Waals surface area contributed by atoms with Gasteiger partial charge < -0.3 is 19.5 Å². The Morgan fingerprint density at radius 1 is 1.31 bits per heavy atom. The minimum Gasteiger partial charge on any atom is -0.434 e. The monoisotopic (exact) mass is 431 g/mol. The summed E-state index contributed by atoms with van der Waals surface area (Å²) in [7, 11) is 0. The predicted molar refractivity (Wildman–Crippen MR) is 83.8 cm³/mol. The molecule has 2 aliphatic heterocycles. The van der Waals surface area contributed by atoms with Gasteiger partial charge in [-0.15, -0.1) is 0 Å². The number of carbonyl (C=O) groups is 1. The van der Waals surface area contributed by atoms with Crippen molar-refractivity contribution in [3.63, 3.8) is 0 Å². The summed E-state index contributed by atoms with van der Waals surface area (Å²) < 4.78 is 87.3. The van der Waals surface area contributed by atoms with Crippen LogP contribution in [0.5, 0.6) is 0 Å². The number of hydrogen-bond acceptors (Lipinski definition) is 5. The van der Waals surface area contributed by atoms with Crippen LogP contribution in [0.25, 0.3) is 0 Å². The maximum atomic E-state index is 12.7. The van der Waals surface area contributed by atoms with Crippen LogP contribution in [0.4, 0.5) is 31.1 Å². The van der Waals surface area contributed by atoms with Crippen molar-refractivity contribution in [1.29, 1.82) is 0 Å². The van der Waals surface area contributed by atoms with Crippen molar-refractivity contribution in [3.05, 3.63) is 18.0 Å². The van der Waals surface area contributed by atoms with Gasteiger partial charge in [0.15, 0.2) is 0 Å². The number of likely N-dealkylation sites (tertiary alicyclic amines) is 1. The molecule has 7 nitrogen and oxygen atoms in total. The van der Waals surface area contributed by atoms with E-state index in [0.29, 0.717) is 19.3 Å². The van der Waals surface area contributed by atoms with Gasteiger partial charge in [0.25, 0.3) is 0 Å². The molecule has 0 aliphatic carbocycles. The van der Waals surface area contributed by atoms with Crippen LogP contribution < -0.4 is 0 Å². The number of rotatable bonds is 3. The highest BCUT2D eigenvalue weighted by Crippen LogP contribution is 2.41. The summed E-state index contributed by atoms with van der Waals surface area (Å²) in [5.41, 5.74) is -1.55. The molecule has 2 atom stereocenters. The van der Waals surface area contributed by atoms with Crippen LogP contribution in [0.15, 0.2) is 12.4 Å².